The van der Waals surface area contributed by atoms with Crippen molar-refractivity contribution in [3.05, 3.63) is 11.4 Å². The summed E-state index contributed by atoms with van der Waals surface area (Å²) < 4.78 is 4.88. The van der Waals surface area contributed by atoms with Crippen LogP contribution in [0.25, 0.3) is 0 Å². The monoisotopic (exact) mass is 124 g/mol. The van der Waals surface area contributed by atoms with Gasteiger partial charge >= 0.3 is 0 Å². The lowest BCUT2D eigenvalue weighted by atomic mass is 10.0. The van der Waals surface area contributed by atoms with E-state index in [0.29, 0.717) is 0 Å². The summed E-state index contributed by atoms with van der Waals surface area (Å²) in [5.74, 6) is 0. The molecule has 1 nitrogen and oxygen atoms in total. The second-order valence-corrected chi connectivity index (χ2v) is 2.25. The minimum atomic E-state index is 0.720. The molecule has 0 aromatic carbocycles. The van der Waals surface area contributed by atoms with E-state index in [-0.39, 0.29) is 0 Å². The Labute approximate surface area is 53.7 Å². The van der Waals surface area contributed by atoms with E-state index in [1.165, 1.54) is 11.3 Å². The van der Waals surface area contributed by atoms with Gasteiger partial charge in [0.1, 0.15) is 7.85 Å². The van der Waals surface area contributed by atoms with E-state index in [2.05, 4.69) is 0 Å². The summed E-state index contributed by atoms with van der Waals surface area (Å²) in [6.45, 7) is 0. The standard InChI is InChI=1S/C5H5BOS/c1-7-5-4(6)2-3-8-5/h2-3H,1H3. The average molecular weight is 124 g/mol. The zero-order valence-electron chi connectivity index (χ0n) is 4.55. The Kier molecular flexibility index (Phi) is 1.58. The van der Waals surface area contributed by atoms with Crippen molar-refractivity contribution >= 4 is 24.6 Å². The number of hydrogen-bond donors (Lipinski definition) is 0. The lowest BCUT2D eigenvalue weighted by Gasteiger charge is -1.92. The maximum atomic E-state index is 5.44. The largest absolute Gasteiger partial charge is 0.488 e. The quantitative estimate of drug-likeness (QED) is 0.496. The van der Waals surface area contributed by atoms with Gasteiger partial charge in [-0.25, -0.2) is 0 Å². The van der Waals surface area contributed by atoms with Crippen molar-refractivity contribution in [1.29, 1.82) is 0 Å². The first-order chi connectivity index (χ1) is 3.84. The van der Waals surface area contributed by atoms with Crippen molar-refractivity contribution in [2.24, 2.45) is 0 Å². The van der Waals surface area contributed by atoms with Crippen molar-refractivity contribution < 1.29 is 4.74 Å². The van der Waals surface area contributed by atoms with E-state index in [0.717, 1.165) is 10.5 Å². The summed E-state index contributed by atoms with van der Waals surface area (Å²) in [6.07, 6.45) is 0. The van der Waals surface area contributed by atoms with Gasteiger partial charge < -0.3 is 4.74 Å². The molecule has 0 bridgehead atoms. The molecule has 0 aliphatic rings. The second-order valence-electron chi connectivity index (χ2n) is 1.37. The summed E-state index contributed by atoms with van der Waals surface area (Å²) in [6, 6.07) is 1.82. The smallest absolute Gasteiger partial charge is 0.166 e. The molecule has 0 amide bonds. The normalized spacial score (nSPS) is 9.12. The third kappa shape index (κ3) is 0.867. The summed E-state index contributed by atoms with van der Waals surface area (Å²) in [7, 11) is 7.05. The van der Waals surface area contributed by atoms with Gasteiger partial charge in [-0.1, -0.05) is 6.07 Å². The fourth-order valence-corrected chi connectivity index (χ4v) is 1.11. The van der Waals surface area contributed by atoms with E-state index in [9.17, 15) is 0 Å². The molecule has 0 fully saturated rings. The lowest BCUT2D eigenvalue weighted by Crippen LogP contribution is -2.00. The highest BCUT2D eigenvalue weighted by atomic mass is 32.1. The Hall–Kier alpha value is -0.435. The number of hydrogen-bond acceptors (Lipinski definition) is 2. The summed E-state index contributed by atoms with van der Waals surface area (Å²) in [4.78, 5) is 0. The minimum Gasteiger partial charge on any atom is -0.488 e. The number of ether oxygens (including phenoxy) is 1. The molecule has 0 atom stereocenters. The number of rotatable bonds is 1. The molecule has 2 radical (unpaired) electrons. The highest BCUT2D eigenvalue weighted by Crippen LogP contribution is 2.12. The lowest BCUT2D eigenvalue weighted by molar-refractivity contribution is 0.430. The van der Waals surface area contributed by atoms with Gasteiger partial charge in [-0.3, -0.25) is 0 Å². The average Bonchev–Trinajstić information content (AvgIpc) is 2.14. The predicted molar refractivity (Wildman–Crippen MR) is 36.3 cm³/mol. The SMILES string of the molecule is [B]c1ccsc1OC. The van der Waals surface area contributed by atoms with Gasteiger partial charge in [-0.15, -0.1) is 11.3 Å². The van der Waals surface area contributed by atoms with Gasteiger partial charge in [0, 0.05) is 0 Å². The van der Waals surface area contributed by atoms with Crippen LogP contribution in [0.3, 0.4) is 0 Å². The predicted octanol–water partition coefficient (Wildman–Crippen LogP) is 0.550. The second kappa shape index (κ2) is 2.22. The van der Waals surface area contributed by atoms with Gasteiger partial charge in [0.25, 0.3) is 0 Å². The number of thiophene rings is 1. The maximum Gasteiger partial charge on any atom is 0.166 e. The summed E-state index contributed by atoms with van der Waals surface area (Å²) in [5.41, 5.74) is 0.720. The van der Waals surface area contributed by atoms with Crippen molar-refractivity contribution in [3.63, 3.8) is 0 Å². The minimum absolute atomic E-state index is 0.720. The molecule has 1 rings (SSSR count). The molecule has 1 aromatic heterocycles. The Balaban J connectivity index is 2.92. The van der Waals surface area contributed by atoms with Crippen molar-refractivity contribution in [1.82, 2.24) is 0 Å². The molecular formula is C5H5BOS. The van der Waals surface area contributed by atoms with Gasteiger partial charge in [0.05, 0.1) is 7.11 Å². The molecule has 0 unspecified atom stereocenters. The zero-order chi connectivity index (χ0) is 5.98. The third-order valence-electron chi connectivity index (χ3n) is 0.844. The van der Waals surface area contributed by atoms with Crippen molar-refractivity contribution in [2.45, 2.75) is 0 Å². The molecule has 8 heavy (non-hydrogen) atoms. The van der Waals surface area contributed by atoms with E-state index in [1.54, 1.807) is 7.11 Å². The Bertz CT molecular complexity index is 173. The Morgan fingerprint density at radius 1 is 1.75 bits per heavy atom. The van der Waals surface area contributed by atoms with Crippen LogP contribution in [0.5, 0.6) is 5.06 Å². The highest BCUT2D eigenvalue weighted by molar-refractivity contribution is 7.13. The van der Waals surface area contributed by atoms with E-state index >= 15 is 0 Å². The van der Waals surface area contributed by atoms with Crippen LogP contribution < -0.4 is 10.2 Å². The van der Waals surface area contributed by atoms with Crippen LogP contribution in [0.1, 0.15) is 0 Å². The molecule has 0 spiro atoms. The number of methoxy groups -OCH3 is 1. The van der Waals surface area contributed by atoms with Gasteiger partial charge in [0.2, 0.25) is 0 Å². The Morgan fingerprint density at radius 3 is 2.75 bits per heavy atom. The molecule has 0 saturated heterocycles. The topological polar surface area (TPSA) is 9.23 Å². The van der Waals surface area contributed by atoms with Crippen LogP contribution in [0.15, 0.2) is 11.4 Å². The van der Waals surface area contributed by atoms with Gasteiger partial charge in [-0.05, 0) is 10.8 Å². The van der Waals surface area contributed by atoms with Crippen molar-refractivity contribution in [2.75, 3.05) is 7.11 Å². The molecule has 1 aromatic rings. The molecular weight excluding hydrogens is 119 g/mol. The van der Waals surface area contributed by atoms with Crippen LogP contribution in [0.4, 0.5) is 0 Å². The fourth-order valence-electron chi connectivity index (χ4n) is 0.471. The highest BCUT2D eigenvalue weighted by Gasteiger charge is 1.93. The van der Waals surface area contributed by atoms with Gasteiger partial charge in [-0.2, -0.15) is 0 Å². The van der Waals surface area contributed by atoms with Crippen molar-refractivity contribution in [3.8, 4) is 5.06 Å². The molecule has 0 N–H and O–H groups in total. The summed E-state index contributed by atoms with van der Waals surface area (Å²) >= 11 is 1.50. The molecule has 40 valence electrons. The Morgan fingerprint density at radius 2 is 2.50 bits per heavy atom. The van der Waals surface area contributed by atoms with Crippen LogP contribution in [-0.4, -0.2) is 15.0 Å². The van der Waals surface area contributed by atoms with E-state index < -0.39 is 0 Å². The van der Waals surface area contributed by atoms with Crippen LogP contribution in [0, 0.1) is 0 Å². The summed E-state index contributed by atoms with van der Waals surface area (Å²) in [5, 5.41) is 2.69. The molecule has 1 heterocycles. The van der Waals surface area contributed by atoms with E-state index in [4.69, 9.17) is 12.6 Å². The van der Waals surface area contributed by atoms with Crippen LogP contribution in [-0.2, 0) is 0 Å². The third-order valence-corrected chi connectivity index (χ3v) is 1.73. The molecule has 0 saturated carbocycles. The van der Waals surface area contributed by atoms with Gasteiger partial charge in [0.15, 0.2) is 5.06 Å². The first kappa shape index (κ1) is 5.70. The molecule has 3 heteroatoms. The molecule has 0 aliphatic carbocycles. The zero-order valence-corrected chi connectivity index (χ0v) is 5.37. The van der Waals surface area contributed by atoms with Crippen LogP contribution in [0.2, 0.25) is 0 Å². The first-order valence-corrected chi connectivity index (χ1v) is 3.09. The maximum absolute atomic E-state index is 5.44. The molecule has 0 aliphatic heterocycles. The first-order valence-electron chi connectivity index (χ1n) is 2.21. The van der Waals surface area contributed by atoms with E-state index in [1.807, 2.05) is 11.4 Å². The van der Waals surface area contributed by atoms with Crippen LogP contribution >= 0.6 is 11.3 Å². The fraction of sp³-hybridized carbons (Fsp3) is 0.200.